The van der Waals surface area contributed by atoms with Gasteiger partial charge in [-0.3, -0.25) is 4.79 Å². The molecule has 2 heterocycles. The predicted octanol–water partition coefficient (Wildman–Crippen LogP) is 3.36. The van der Waals surface area contributed by atoms with Gasteiger partial charge in [-0.2, -0.15) is 0 Å². The van der Waals surface area contributed by atoms with Crippen LogP contribution in [0.4, 0.5) is 5.69 Å². The maximum absolute atomic E-state index is 12.8. The van der Waals surface area contributed by atoms with E-state index in [0.717, 1.165) is 17.6 Å². The monoisotopic (exact) mass is 347 g/mol. The number of nitrogens with two attached hydrogens (primary N) is 1. The van der Waals surface area contributed by atoms with E-state index >= 15 is 0 Å². The molecule has 1 unspecified atom stereocenters. The van der Waals surface area contributed by atoms with Crippen molar-refractivity contribution in [1.29, 1.82) is 0 Å². The molecule has 0 spiro atoms. The minimum Gasteiger partial charge on any atom is -0.399 e. The van der Waals surface area contributed by atoms with Crippen LogP contribution in [0.25, 0.3) is 0 Å². The Labute approximate surface area is 132 Å². The fraction of sp³-hybridized carbons (Fsp3) is 0.312. The number of amides is 1. The summed E-state index contributed by atoms with van der Waals surface area (Å²) in [5.41, 5.74) is 9.50. The Kier molecular flexibility index (Phi) is 3.53. The Morgan fingerprint density at radius 2 is 2.05 bits per heavy atom. The van der Waals surface area contributed by atoms with E-state index in [0.29, 0.717) is 11.3 Å². The number of carbonyl (C=O) groups excluding carboxylic acids is 1. The number of rotatable bonds is 1. The van der Waals surface area contributed by atoms with Gasteiger partial charge in [0.2, 0.25) is 0 Å². The molecule has 1 aromatic heterocycles. The molecule has 0 radical (unpaired) electrons. The van der Waals surface area contributed by atoms with Gasteiger partial charge in [0, 0.05) is 40.2 Å². The first-order valence-electron chi connectivity index (χ1n) is 7.00. The third-order valence-corrected chi connectivity index (χ3v) is 4.58. The number of hydrogen-bond acceptors (Lipinski definition) is 2. The fourth-order valence-electron chi connectivity index (χ4n) is 3.00. The molecule has 1 amide bonds. The third-order valence-electron chi connectivity index (χ3n) is 4.12. The van der Waals surface area contributed by atoms with Crippen LogP contribution in [0.5, 0.6) is 0 Å². The summed E-state index contributed by atoms with van der Waals surface area (Å²) in [6.45, 7) is 5.73. The topological polar surface area (TPSA) is 51.3 Å². The predicted molar refractivity (Wildman–Crippen MR) is 87.2 cm³/mol. The van der Waals surface area contributed by atoms with Crippen molar-refractivity contribution in [1.82, 2.24) is 9.47 Å². The number of nitrogens with zero attached hydrogens (tertiary/aromatic N) is 2. The molecule has 0 bridgehead atoms. The van der Waals surface area contributed by atoms with E-state index in [-0.39, 0.29) is 11.9 Å². The Morgan fingerprint density at radius 1 is 1.29 bits per heavy atom. The van der Waals surface area contributed by atoms with Crippen molar-refractivity contribution in [2.24, 2.45) is 0 Å². The number of aromatic nitrogens is 1. The number of benzene rings is 1. The van der Waals surface area contributed by atoms with Gasteiger partial charge in [-0.25, -0.2) is 0 Å². The number of hydrogen-bond donors (Lipinski definition) is 1. The van der Waals surface area contributed by atoms with Crippen molar-refractivity contribution in [3.05, 3.63) is 51.8 Å². The van der Waals surface area contributed by atoms with E-state index in [4.69, 9.17) is 5.73 Å². The summed E-state index contributed by atoms with van der Waals surface area (Å²) < 4.78 is 3.11. The maximum Gasteiger partial charge on any atom is 0.254 e. The molecular formula is C16H18BrN3O. The first-order chi connectivity index (χ1) is 9.97. The molecule has 1 aliphatic heterocycles. The first kappa shape index (κ1) is 14.2. The van der Waals surface area contributed by atoms with Crippen molar-refractivity contribution < 1.29 is 4.79 Å². The van der Waals surface area contributed by atoms with Crippen LogP contribution < -0.4 is 5.73 Å². The first-order valence-corrected chi connectivity index (χ1v) is 7.80. The fourth-order valence-corrected chi connectivity index (χ4v) is 3.51. The second-order valence-electron chi connectivity index (χ2n) is 5.50. The summed E-state index contributed by atoms with van der Waals surface area (Å²) in [6, 6.07) is 9.64. The molecule has 2 N–H and O–H groups in total. The molecule has 21 heavy (non-hydrogen) atoms. The van der Waals surface area contributed by atoms with E-state index in [1.165, 1.54) is 11.4 Å². The summed E-state index contributed by atoms with van der Waals surface area (Å²) in [5.74, 6) is 0.0283. The second-order valence-corrected chi connectivity index (χ2v) is 6.41. The Balaban J connectivity index is 1.92. The van der Waals surface area contributed by atoms with Crippen LogP contribution in [-0.4, -0.2) is 21.9 Å². The standard InChI is InChI=1S/C16H18BrN3O/c1-10-3-4-15-11(2)20(6-5-19(10)15)16(21)12-7-13(17)9-14(18)8-12/h3-4,7-9,11H,5-6,18H2,1-2H3. The normalized spacial score (nSPS) is 17.7. The molecule has 0 aliphatic carbocycles. The SMILES string of the molecule is Cc1ccc2n1CCN(C(=O)c1cc(N)cc(Br)c1)C2C. The Hall–Kier alpha value is -1.75. The van der Waals surface area contributed by atoms with Gasteiger partial charge in [-0.15, -0.1) is 0 Å². The van der Waals surface area contributed by atoms with Crippen LogP contribution in [-0.2, 0) is 6.54 Å². The van der Waals surface area contributed by atoms with Gasteiger partial charge in [-0.05, 0) is 44.2 Å². The second kappa shape index (κ2) is 5.22. The molecule has 1 atom stereocenters. The molecule has 110 valence electrons. The molecular weight excluding hydrogens is 330 g/mol. The van der Waals surface area contributed by atoms with Crippen molar-refractivity contribution in [3.63, 3.8) is 0 Å². The minimum atomic E-state index is 0.0283. The lowest BCUT2D eigenvalue weighted by molar-refractivity contribution is 0.0643. The molecule has 1 aliphatic rings. The van der Waals surface area contributed by atoms with Gasteiger partial charge in [0.25, 0.3) is 5.91 Å². The van der Waals surface area contributed by atoms with Gasteiger partial charge in [-0.1, -0.05) is 15.9 Å². The molecule has 2 aromatic rings. The van der Waals surface area contributed by atoms with Crippen molar-refractivity contribution in [2.45, 2.75) is 26.4 Å². The highest BCUT2D eigenvalue weighted by molar-refractivity contribution is 9.10. The third kappa shape index (κ3) is 2.46. The number of fused-ring (bicyclic) bond motifs is 1. The largest absolute Gasteiger partial charge is 0.399 e. The zero-order valence-electron chi connectivity index (χ0n) is 12.1. The average molecular weight is 348 g/mol. The van der Waals surface area contributed by atoms with E-state index in [1.54, 1.807) is 12.1 Å². The molecule has 1 aromatic carbocycles. The lowest BCUT2D eigenvalue weighted by Gasteiger charge is -2.35. The summed E-state index contributed by atoms with van der Waals surface area (Å²) in [7, 11) is 0. The summed E-state index contributed by atoms with van der Waals surface area (Å²) >= 11 is 3.39. The number of aryl methyl sites for hydroxylation is 1. The average Bonchev–Trinajstić information content (AvgIpc) is 2.80. The highest BCUT2D eigenvalue weighted by atomic mass is 79.9. The van der Waals surface area contributed by atoms with Crippen LogP contribution in [0, 0.1) is 6.92 Å². The Bertz CT molecular complexity index is 687. The van der Waals surface area contributed by atoms with Gasteiger partial charge in [0.05, 0.1) is 6.04 Å². The van der Waals surface area contributed by atoms with Crippen molar-refractivity contribution in [2.75, 3.05) is 12.3 Å². The minimum absolute atomic E-state index is 0.0283. The van der Waals surface area contributed by atoms with Crippen LogP contribution in [0.3, 0.4) is 0 Å². The number of nitrogen functional groups attached to an aromatic ring is 1. The number of anilines is 1. The van der Waals surface area contributed by atoms with E-state index < -0.39 is 0 Å². The van der Waals surface area contributed by atoms with Crippen LogP contribution >= 0.6 is 15.9 Å². The smallest absolute Gasteiger partial charge is 0.254 e. The van der Waals surface area contributed by atoms with Crippen LogP contribution in [0.1, 0.15) is 34.7 Å². The molecule has 5 heteroatoms. The van der Waals surface area contributed by atoms with Gasteiger partial charge >= 0.3 is 0 Å². The highest BCUT2D eigenvalue weighted by Gasteiger charge is 2.29. The zero-order valence-corrected chi connectivity index (χ0v) is 13.7. The molecule has 0 saturated heterocycles. The lowest BCUT2D eigenvalue weighted by Crippen LogP contribution is -2.41. The summed E-state index contributed by atoms with van der Waals surface area (Å²) in [4.78, 5) is 14.7. The lowest BCUT2D eigenvalue weighted by atomic mass is 10.1. The number of carbonyl (C=O) groups is 1. The number of halogens is 1. The molecule has 0 fully saturated rings. The van der Waals surface area contributed by atoms with E-state index in [1.807, 2.05) is 11.0 Å². The van der Waals surface area contributed by atoms with Gasteiger partial charge < -0.3 is 15.2 Å². The molecule has 3 rings (SSSR count). The van der Waals surface area contributed by atoms with E-state index in [9.17, 15) is 4.79 Å². The van der Waals surface area contributed by atoms with Gasteiger partial charge in [0.15, 0.2) is 0 Å². The van der Waals surface area contributed by atoms with Gasteiger partial charge in [0.1, 0.15) is 0 Å². The molecule has 4 nitrogen and oxygen atoms in total. The summed E-state index contributed by atoms with van der Waals surface area (Å²) in [5, 5.41) is 0. The quantitative estimate of drug-likeness (QED) is 0.804. The van der Waals surface area contributed by atoms with Crippen molar-refractivity contribution in [3.8, 4) is 0 Å². The highest BCUT2D eigenvalue weighted by Crippen LogP contribution is 2.29. The maximum atomic E-state index is 12.8. The molecule has 0 saturated carbocycles. The summed E-state index contributed by atoms with van der Waals surface area (Å²) in [6.07, 6.45) is 0. The Morgan fingerprint density at radius 3 is 2.76 bits per heavy atom. The van der Waals surface area contributed by atoms with Crippen LogP contribution in [0.15, 0.2) is 34.8 Å². The van der Waals surface area contributed by atoms with Crippen molar-refractivity contribution >= 4 is 27.5 Å². The zero-order chi connectivity index (χ0) is 15.1. The van der Waals surface area contributed by atoms with E-state index in [2.05, 4.69) is 46.5 Å². The van der Waals surface area contributed by atoms with Crippen LogP contribution in [0.2, 0.25) is 0 Å².